The highest BCUT2D eigenvalue weighted by Crippen LogP contribution is 2.38. The smallest absolute Gasteiger partial charge is 0.0552 e. The first-order valence-electron chi connectivity index (χ1n) is 15.7. The highest BCUT2D eigenvalue weighted by Gasteiger charge is 2.16. The van der Waals surface area contributed by atoms with Gasteiger partial charge in [0.05, 0.1) is 11.0 Å². The number of aromatic nitrogens is 1. The van der Waals surface area contributed by atoms with Crippen LogP contribution in [0.1, 0.15) is 102 Å². The van der Waals surface area contributed by atoms with Crippen LogP contribution in [0.25, 0.3) is 27.5 Å². The lowest BCUT2D eigenvalue weighted by atomic mass is 10.1. The first-order valence-corrected chi connectivity index (χ1v) is 17.3. The Hall–Kier alpha value is -1.78. The molecule has 0 saturated carbocycles. The Morgan fingerprint density at radius 1 is 0.575 bits per heavy atom. The van der Waals surface area contributed by atoms with Gasteiger partial charge < -0.3 is 9.47 Å². The number of anilines is 1. The summed E-state index contributed by atoms with van der Waals surface area (Å²) in [5, 5.41) is 2.62. The summed E-state index contributed by atoms with van der Waals surface area (Å²) >= 11 is 7.60. The third kappa shape index (κ3) is 7.73. The van der Waals surface area contributed by atoms with Crippen LogP contribution < -0.4 is 4.90 Å². The van der Waals surface area contributed by atoms with E-state index in [9.17, 15) is 0 Å². The van der Waals surface area contributed by atoms with E-state index >= 15 is 0 Å². The van der Waals surface area contributed by atoms with Gasteiger partial charge in [-0.15, -0.1) is 0 Å². The maximum atomic E-state index is 3.80. The molecule has 1 heterocycles. The molecule has 216 valence electrons. The Labute approximate surface area is 259 Å². The molecule has 0 aliphatic heterocycles. The maximum absolute atomic E-state index is 3.80. The minimum absolute atomic E-state index is 1.15. The van der Waals surface area contributed by atoms with Gasteiger partial charge in [0, 0.05) is 44.2 Å². The molecular weight excluding hydrogens is 620 g/mol. The fourth-order valence-electron chi connectivity index (χ4n) is 5.90. The van der Waals surface area contributed by atoms with Crippen molar-refractivity contribution >= 4 is 59.4 Å². The maximum Gasteiger partial charge on any atom is 0.0552 e. The highest BCUT2D eigenvalue weighted by atomic mass is 79.9. The zero-order chi connectivity index (χ0) is 28.5. The van der Waals surface area contributed by atoms with E-state index in [0.717, 1.165) is 22.0 Å². The average molecular weight is 669 g/mol. The summed E-state index contributed by atoms with van der Waals surface area (Å²) < 4.78 is 4.73. The monoisotopic (exact) mass is 666 g/mol. The van der Waals surface area contributed by atoms with Crippen molar-refractivity contribution < 1.29 is 0 Å². The van der Waals surface area contributed by atoms with E-state index in [1.165, 1.54) is 121 Å². The van der Waals surface area contributed by atoms with Gasteiger partial charge in [-0.2, -0.15) is 0 Å². The van der Waals surface area contributed by atoms with Gasteiger partial charge in [-0.05, 0) is 86.3 Å². The predicted molar refractivity (Wildman–Crippen MR) is 185 cm³/mol. The molecule has 0 bridgehead atoms. The largest absolute Gasteiger partial charge is 0.372 e. The zero-order valence-electron chi connectivity index (χ0n) is 25.2. The van der Waals surface area contributed by atoms with E-state index in [0.29, 0.717) is 0 Å². The Bertz CT molecular complexity index is 1290. The quantitative estimate of drug-likeness (QED) is 0.108. The van der Waals surface area contributed by atoms with Crippen molar-refractivity contribution in [3.05, 3.63) is 68.6 Å². The molecule has 1 aromatic heterocycles. The number of hydrogen-bond acceptors (Lipinski definition) is 1. The molecule has 4 rings (SSSR count). The molecule has 0 N–H and O–H groups in total. The van der Waals surface area contributed by atoms with Crippen LogP contribution in [0.15, 0.2) is 57.5 Å². The first kappa shape index (κ1) is 31.2. The lowest BCUT2D eigenvalue weighted by molar-refractivity contribution is 0.575. The van der Waals surface area contributed by atoms with Gasteiger partial charge in [0.25, 0.3) is 0 Å². The molecule has 0 atom stereocenters. The van der Waals surface area contributed by atoms with E-state index in [-0.39, 0.29) is 0 Å². The summed E-state index contributed by atoms with van der Waals surface area (Å²) in [6, 6.07) is 18.6. The van der Waals surface area contributed by atoms with Crippen LogP contribution in [0.5, 0.6) is 0 Å². The molecule has 0 spiro atoms. The molecule has 0 saturated heterocycles. The van der Waals surface area contributed by atoms with Crippen LogP contribution in [0.4, 0.5) is 5.69 Å². The minimum atomic E-state index is 1.15. The van der Waals surface area contributed by atoms with Crippen molar-refractivity contribution in [3.63, 3.8) is 0 Å². The number of unbranched alkanes of at least 4 members (excludes halogenated alkanes) is 10. The van der Waals surface area contributed by atoms with Gasteiger partial charge in [0.1, 0.15) is 0 Å². The van der Waals surface area contributed by atoms with E-state index in [4.69, 9.17) is 0 Å². The van der Waals surface area contributed by atoms with Crippen molar-refractivity contribution in [3.8, 4) is 5.69 Å². The summed E-state index contributed by atoms with van der Waals surface area (Å²) in [7, 11) is 0. The predicted octanol–water partition coefficient (Wildman–Crippen LogP) is 12.5. The van der Waals surface area contributed by atoms with Crippen LogP contribution in [0.2, 0.25) is 0 Å². The number of hydrogen-bond donors (Lipinski definition) is 0. The molecule has 0 fully saturated rings. The lowest BCUT2D eigenvalue weighted by Gasteiger charge is -2.25. The fraction of sp³-hybridized carbons (Fsp3) is 0.500. The van der Waals surface area contributed by atoms with Crippen LogP contribution in [-0.4, -0.2) is 17.7 Å². The van der Waals surface area contributed by atoms with E-state index < -0.39 is 0 Å². The van der Waals surface area contributed by atoms with Crippen LogP contribution in [-0.2, 0) is 0 Å². The SMILES string of the molecule is CCCCCCCCN(CCCCCCCC)c1ccc(-n2c3cc(Br)c(C)cc3c3cc(C)c(Br)cc32)cc1. The molecule has 4 heteroatoms. The molecular formula is C36H48Br2N2. The van der Waals surface area contributed by atoms with Crippen molar-refractivity contribution in [1.82, 2.24) is 4.57 Å². The first-order chi connectivity index (χ1) is 19.4. The Morgan fingerprint density at radius 3 is 1.45 bits per heavy atom. The number of halogens is 2. The Morgan fingerprint density at radius 2 is 1.00 bits per heavy atom. The second-order valence-electron chi connectivity index (χ2n) is 11.6. The summed E-state index contributed by atoms with van der Waals surface area (Å²) in [6.45, 7) is 11.3. The second-order valence-corrected chi connectivity index (χ2v) is 13.3. The highest BCUT2D eigenvalue weighted by molar-refractivity contribution is 9.10. The normalized spacial score (nSPS) is 11.7. The summed E-state index contributed by atoms with van der Waals surface area (Å²) in [5.41, 5.74) is 7.60. The number of rotatable bonds is 16. The number of nitrogens with zero attached hydrogens (tertiary/aromatic N) is 2. The fourth-order valence-corrected chi connectivity index (χ4v) is 6.56. The van der Waals surface area contributed by atoms with Gasteiger partial charge in [-0.25, -0.2) is 0 Å². The molecule has 40 heavy (non-hydrogen) atoms. The van der Waals surface area contributed by atoms with Crippen molar-refractivity contribution in [2.45, 2.75) is 105 Å². The van der Waals surface area contributed by atoms with Crippen LogP contribution in [0.3, 0.4) is 0 Å². The second kappa shape index (κ2) is 15.4. The summed E-state index contributed by atoms with van der Waals surface area (Å²) in [5.74, 6) is 0. The molecule has 0 radical (unpaired) electrons. The molecule has 0 amide bonds. The number of aryl methyl sites for hydroxylation is 2. The number of benzene rings is 3. The molecule has 0 aliphatic rings. The van der Waals surface area contributed by atoms with Gasteiger partial charge in [-0.1, -0.05) is 110 Å². The van der Waals surface area contributed by atoms with Gasteiger partial charge in [-0.3, -0.25) is 0 Å². The molecule has 3 aromatic carbocycles. The van der Waals surface area contributed by atoms with Crippen molar-refractivity contribution in [2.24, 2.45) is 0 Å². The standard InChI is InChI=1S/C36H48Br2N2/c1-5-7-9-11-13-15-21-39(22-16-14-12-10-8-6-2)29-17-19-30(20-18-29)40-35-25-33(37)27(3)23-31(35)32-24-28(4)34(38)26-36(32)40/h17-20,23-26H,5-16,21-22H2,1-4H3. The lowest BCUT2D eigenvalue weighted by Crippen LogP contribution is -2.25. The Kier molecular flexibility index (Phi) is 12.0. The van der Waals surface area contributed by atoms with Crippen molar-refractivity contribution in [2.75, 3.05) is 18.0 Å². The molecule has 0 unspecified atom stereocenters. The summed E-state index contributed by atoms with van der Waals surface area (Å²) in [6.07, 6.45) is 16.1. The molecule has 0 aliphatic carbocycles. The van der Waals surface area contributed by atoms with Crippen LogP contribution in [0, 0.1) is 13.8 Å². The minimum Gasteiger partial charge on any atom is -0.372 e. The van der Waals surface area contributed by atoms with E-state index in [1.807, 2.05) is 0 Å². The van der Waals surface area contributed by atoms with E-state index in [1.54, 1.807) is 0 Å². The topological polar surface area (TPSA) is 8.17 Å². The number of fused-ring (bicyclic) bond motifs is 3. The summed E-state index contributed by atoms with van der Waals surface area (Å²) in [4.78, 5) is 2.65. The average Bonchev–Trinajstić information content (AvgIpc) is 3.23. The van der Waals surface area contributed by atoms with Gasteiger partial charge in [0.15, 0.2) is 0 Å². The van der Waals surface area contributed by atoms with Gasteiger partial charge in [0.2, 0.25) is 0 Å². The molecule has 4 aromatic rings. The van der Waals surface area contributed by atoms with Crippen LogP contribution >= 0.6 is 31.9 Å². The third-order valence-electron chi connectivity index (χ3n) is 8.36. The van der Waals surface area contributed by atoms with Crippen molar-refractivity contribution in [1.29, 1.82) is 0 Å². The zero-order valence-corrected chi connectivity index (χ0v) is 28.3. The van der Waals surface area contributed by atoms with Gasteiger partial charge >= 0.3 is 0 Å². The molecule has 2 nitrogen and oxygen atoms in total. The van der Waals surface area contributed by atoms with E-state index in [2.05, 4.69) is 118 Å². The third-order valence-corrected chi connectivity index (χ3v) is 10.1. The Balaban J connectivity index is 1.59.